The van der Waals surface area contributed by atoms with Gasteiger partial charge in [0.2, 0.25) is 0 Å². The number of benzene rings is 1. The van der Waals surface area contributed by atoms with Crippen LogP contribution < -0.4 is 5.32 Å². The van der Waals surface area contributed by atoms with Crippen LogP contribution >= 0.6 is 11.3 Å². The molecule has 5 heteroatoms. The predicted octanol–water partition coefficient (Wildman–Crippen LogP) is 1.94. The second kappa shape index (κ2) is 5.23. The molecule has 0 atom stereocenters. The second-order valence-electron chi connectivity index (χ2n) is 3.32. The van der Waals surface area contributed by atoms with Crippen LogP contribution in [-0.4, -0.2) is 10.9 Å². The molecule has 2 aromatic rings. The summed E-state index contributed by atoms with van der Waals surface area (Å²) in [6.45, 7) is 0.457. The zero-order chi connectivity index (χ0) is 12.1. The second-order valence-corrected chi connectivity index (χ2v) is 4.18. The fourth-order valence-electron chi connectivity index (χ4n) is 1.30. The van der Waals surface area contributed by atoms with Gasteiger partial charge in [-0.15, -0.1) is 11.3 Å². The molecule has 0 aliphatic carbocycles. The maximum atomic E-state index is 11.7. The molecule has 1 amide bonds. The average Bonchev–Trinajstić information content (AvgIpc) is 2.86. The van der Waals surface area contributed by atoms with Gasteiger partial charge >= 0.3 is 0 Å². The molecule has 0 unspecified atom stereocenters. The lowest BCUT2D eigenvalue weighted by atomic mass is 10.2. The maximum absolute atomic E-state index is 11.7. The summed E-state index contributed by atoms with van der Waals surface area (Å²) >= 11 is 1.17. The zero-order valence-corrected chi connectivity index (χ0v) is 9.70. The first kappa shape index (κ1) is 11.3. The van der Waals surface area contributed by atoms with Gasteiger partial charge in [0.25, 0.3) is 5.91 Å². The monoisotopic (exact) mass is 243 g/mol. The molecule has 0 fully saturated rings. The summed E-state index contributed by atoms with van der Waals surface area (Å²) in [5, 5.41) is 13.2. The van der Waals surface area contributed by atoms with Crippen LogP contribution in [0, 0.1) is 11.3 Å². The molecule has 4 nitrogen and oxygen atoms in total. The Kier molecular flexibility index (Phi) is 3.48. The van der Waals surface area contributed by atoms with Gasteiger partial charge in [0.05, 0.1) is 0 Å². The van der Waals surface area contributed by atoms with E-state index in [1.165, 1.54) is 11.3 Å². The molecule has 0 saturated carbocycles. The first-order valence-electron chi connectivity index (χ1n) is 4.97. The number of nitriles is 1. The molecule has 0 saturated heterocycles. The van der Waals surface area contributed by atoms with E-state index in [2.05, 4.69) is 10.3 Å². The van der Waals surface area contributed by atoms with Crippen molar-refractivity contribution in [1.29, 1.82) is 5.26 Å². The van der Waals surface area contributed by atoms with Gasteiger partial charge in [-0.05, 0) is 5.56 Å². The lowest BCUT2D eigenvalue weighted by molar-refractivity contribution is 0.0946. The first-order valence-corrected chi connectivity index (χ1v) is 5.85. The third-order valence-electron chi connectivity index (χ3n) is 2.13. The minimum absolute atomic E-state index is 0.258. The molecule has 1 aromatic carbocycles. The fourth-order valence-corrected chi connectivity index (χ4v) is 1.88. The van der Waals surface area contributed by atoms with E-state index in [-0.39, 0.29) is 5.91 Å². The number of rotatable bonds is 3. The van der Waals surface area contributed by atoms with Crippen molar-refractivity contribution in [1.82, 2.24) is 10.3 Å². The summed E-state index contributed by atoms with van der Waals surface area (Å²) in [6, 6.07) is 11.5. The largest absolute Gasteiger partial charge is 0.347 e. The van der Waals surface area contributed by atoms with E-state index in [9.17, 15) is 4.79 Å². The number of hydrogen-bond acceptors (Lipinski definition) is 4. The minimum atomic E-state index is -0.258. The Hall–Kier alpha value is -2.19. The molecular formula is C12H9N3OS. The Bertz CT molecular complexity index is 557. The molecule has 0 bridgehead atoms. The molecular weight excluding hydrogens is 234 g/mol. The van der Waals surface area contributed by atoms with Crippen LogP contribution in [0.4, 0.5) is 0 Å². The highest BCUT2D eigenvalue weighted by molar-refractivity contribution is 7.10. The van der Waals surface area contributed by atoms with Gasteiger partial charge in [-0.25, -0.2) is 4.98 Å². The van der Waals surface area contributed by atoms with E-state index in [4.69, 9.17) is 5.26 Å². The molecule has 1 heterocycles. The molecule has 0 spiro atoms. The highest BCUT2D eigenvalue weighted by Gasteiger charge is 2.09. The van der Waals surface area contributed by atoms with Crippen molar-refractivity contribution in [2.24, 2.45) is 0 Å². The molecule has 0 radical (unpaired) electrons. The smallest absolute Gasteiger partial charge is 0.271 e. The van der Waals surface area contributed by atoms with Crippen LogP contribution in [-0.2, 0) is 6.54 Å². The third kappa shape index (κ3) is 2.89. The van der Waals surface area contributed by atoms with E-state index < -0.39 is 0 Å². The van der Waals surface area contributed by atoms with Crippen LogP contribution in [0.25, 0.3) is 0 Å². The first-order chi connectivity index (χ1) is 8.29. The summed E-state index contributed by atoms with van der Waals surface area (Å²) in [4.78, 5) is 15.6. The van der Waals surface area contributed by atoms with Gasteiger partial charge in [-0.2, -0.15) is 5.26 Å². The van der Waals surface area contributed by atoms with Crippen molar-refractivity contribution in [2.75, 3.05) is 0 Å². The van der Waals surface area contributed by atoms with Crippen LogP contribution in [0.2, 0.25) is 0 Å². The Morgan fingerprint density at radius 3 is 2.82 bits per heavy atom. The molecule has 17 heavy (non-hydrogen) atoms. The fraction of sp³-hybridized carbons (Fsp3) is 0.0833. The third-order valence-corrected chi connectivity index (χ3v) is 2.88. The maximum Gasteiger partial charge on any atom is 0.271 e. The van der Waals surface area contributed by atoms with E-state index in [0.717, 1.165) is 5.56 Å². The average molecular weight is 243 g/mol. The van der Waals surface area contributed by atoms with E-state index >= 15 is 0 Å². The number of hydrogen-bond donors (Lipinski definition) is 1. The molecule has 1 aromatic heterocycles. The summed E-state index contributed by atoms with van der Waals surface area (Å²) < 4.78 is 0. The van der Waals surface area contributed by atoms with Gasteiger partial charge in [-0.3, -0.25) is 4.79 Å². The Morgan fingerprint density at radius 1 is 1.41 bits per heavy atom. The number of carbonyl (C=O) groups excluding carboxylic acids is 1. The number of aromatic nitrogens is 1. The van der Waals surface area contributed by atoms with Crippen LogP contribution in [0.3, 0.4) is 0 Å². The summed E-state index contributed by atoms with van der Waals surface area (Å²) in [5.74, 6) is -0.258. The normalized spacial score (nSPS) is 9.59. The number of nitrogens with zero attached hydrogens (tertiary/aromatic N) is 2. The number of amides is 1. The van der Waals surface area contributed by atoms with Crippen molar-refractivity contribution < 1.29 is 4.79 Å². The highest BCUT2D eigenvalue weighted by Crippen LogP contribution is 2.08. The van der Waals surface area contributed by atoms with Crippen molar-refractivity contribution in [3.05, 3.63) is 52.0 Å². The highest BCUT2D eigenvalue weighted by atomic mass is 32.1. The molecule has 0 aliphatic heterocycles. The van der Waals surface area contributed by atoms with Gasteiger partial charge in [0, 0.05) is 11.9 Å². The summed E-state index contributed by atoms with van der Waals surface area (Å²) in [5.41, 5.74) is 1.32. The van der Waals surface area contributed by atoms with Gasteiger partial charge in [0.15, 0.2) is 5.01 Å². The Labute approximate surface area is 103 Å². The van der Waals surface area contributed by atoms with Crippen molar-refractivity contribution >= 4 is 17.2 Å². The van der Waals surface area contributed by atoms with Gasteiger partial charge < -0.3 is 5.32 Å². The summed E-state index contributed by atoms with van der Waals surface area (Å²) in [6.07, 6.45) is 0. The Balaban J connectivity index is 1.96. The lowest BCUT2D eigenvalue weighted by Gasteiger charge is -2.02. The van der Waals surface area contributed by atoms with E-state index in [1.54, 1.807) is 5.38 Å². The van der Waals surface area contributed by atoms with E-state index in [1.807, 2.05) is 36.4 Å². The van der Waals surface area contributed by atoms with Crippen molar-refractivity contribution in [2.45, 2.75) is 6.54 Å². The SMILES string of the molecule is N#Cc1nc(C(=O)NCc2ccccc2)cs1. The van der Waals surface area contributed by atoms with Gasteiger partial charge in [0.1, 0.15) is 11.8 Å². The standard InChI is InChI=1S/C12H9N3OS/c13-6-11-15-10(8-17-11)12(16)14-7-9-4-2-1-3-5-9/h1-5,8H,7H2,(H,14,16). The predicted molar refractivity (Wildman–Crippen MR) is 64.4 cm³/mol. The summed E-state index contributed by atoms with van der Waals surface area (Å²) in [7, 11) is 0. The van der Waals surface area contributed by atoms with Crippen molar-refractivity contribution in [3.63, 3.8) is 0 Å². The molecule has 1 N–H and O–H groups in total. The number of thiazole rings is 1. The molecule has 0 aliphatic rings. The van der Waals surface area contributed by atoms with Crippen molar-refractivity contribution in [3.8, 4) is 6.07 Å². The topological polar surface area (TPSA) is 65.8 Å². The molecule has 2 rings (SSSR count). The van der Waals surface area contributed by atoms with Gasteiger partial charge in [-0.1, -0.05) is 30.3 Å². The minimum Gasteiger partial charge on any atom is -0.347 e. The van der Waals surface area contributed by atoms with E-state index in [0.29, 0.717) is 17.2 Å². The van der Waals surface area contributed by atoms with Crippen LogP contribution in [0.15, 0.2) is 35.7 Å². The van der Waals surface area contributed by atoms with Crippen LogP contribution in [0.5, 0.6) is 0 Å². The van der Waals surface area contributed by atoms with Crippen LogP contribution in [0.1, 0.15) is 21.1 Å². The number of carbonyl (C=O) groups is 1. The number of nitrogens with one attached hydrogen (secondary N) is 1. The quantitative estimate of drug-likeness (QED) is 0.896. The lowest BCUT2D eigenvalue weighted by Crippen LogP contribution is -2.23. The molecule has 84 valence electrons. The zero-order valence-electron chi connectivity index (χ0n) is 8.88. The Morgan fingerprint density at radius 2 is 2.18 bits per heavy atom.